The van der Waals surface area contributed by atoms with Crippen LogP contribution in [0.1, 0.15) is 59.8 Å². The predicted octanol–water partition coefficient (Wildman–Crippen LogP) is 2.05. The van der Waals surface area contributed by atoms with Crippen LogP contribution in [0.15, 0.2) is 18.3 Å². The van der Waals surface area contributed by atoms with Gasteiger partial charge in [-0.25, -0.2) is 4.98 Å². The number of pyridine rings is 1. The highest BCUT2D eigenvalue weighted by Gasteiger charge is 2.43. The number of carbonyl (C=O) groups is 2. The van der Waals surface area contributed by atoms with Gasteiger partial charge in [-0.3, -0.25) is 14.7 Å². The van der Waals surface area contributed by atoms with Crippen LogP contribution in [0.3, 0.4) is 0 Å². The highest BCUT2D eigenvalue weighted by molar-refractivity contribution is 5.95. The molecule has 4 aliphatic rings. The average Bonchev–Trinajstić information content (AvgIpc) is 3.28. The van der Waals surface area contributed by atoms with Gasteiger partial charge in [0.25, 0.3) is 5.91 Å². The number of nitrogens with one attached hydrogen (secondary N) is 1. The first-order valence-electron chi connectivity index (χ1n) is 13.3. The minimum Gasteiger partial charge on any atom is -0.477 e. The van der Waals surface area contributed by atoms with Crippen molar-refractivity contribution in [3.05, 3.63) is 35.3 Å². The van der Waals surface area contributed by atoms with Gasteiger partial charge in [0.15, 0.2) is 0 Å². The Labute approximate surface area is 210 Å². The monoisotopic (exact) mass is 494 g/mol. The predicted molar refractivity (Wildman–Crippen MR) is 129 cm³/mol. The van der Waals surface area contributed by atoms with Crippen LogP contribution in [0, 0.1) is 17.8 Å². The SMILES string of the molecule is O=C(CCc1cnn[nH]1)N1C[C@H]2CN(C(=O)c3cc(OCC4CCOCC4)nc(C4CC4)c3)C[C@@H]2C1. The first kappa shape index (κ1) is 23.4. The van der Waals surface area contributed by atoms with Gasteiger partial charge in [-0.05, 0) is 44.1 Å². The summed E-state index contributed by atoms with van der Waals surface area (Å²) in [7, 11) is 0. The highest BCUT2D eigenvalue weighted by atomic mass is 16.5. The van der Waals surface area contributed by atoms with Crippen molar-refractivity contribution >= 4 is 11.8 Å². The Kier molecular flexibility index (Phi) is 6.60. The fourth-order valence-corrected chi connectivity index (χ4v) is 5.71. The highest BCUT2D eigenvalue weighted by Crippen LogP contribution is 2.40. The fourth-order valence-electron chi connectivity index (χ4n) is 5.71. The number of hydrogen-bond acceptors (Lipinski definition) is 7. The largest absolute Gasteiger partial charge is 0.477 e. The number of ether oxygens (including phenoxy) is 2. The second kappa shape index (κ2) is 10.2. The van der Waals surface area contributed by atoms with E-state index in [9.17, 15) is 9.59 Å². The summed E-state index contributed by atoms with van der Waals surface area (Å²) in [6.07, 6.45) is 6.98. The van der Waals surface area contributed by atoms with Crippen LogP contribution in [-0.4, -0.2) is 88.0 Å². The lowest BCUT2D eigenvalue weighted by atomic mass is 10.0. The first-order chi connectivity index (χ1) is 17.6. The van der Waals surface area contributed by atoms with Crippen LogP contribution in [0.5, 0.6) is 5.88 Å². The van der Waals surface area contributed by atoms with Crippen molar-refractivity contribution in [2.24, 2.45) is 17.8 Å². The summed E-state index contributed by atoms with van der Waals surface area (Å²) in [5.41, 5.74) is 2.53. The maximum atomic E-state index is 13.5. The van der Waals surface area contributed by atoms with E-state index in [4.69, 9.17) is 14.5 Å². The summed E-state index contributed by atoms with van der Waals surface area (Å²) in [4.78, 5) is 34.9. The van der Waals surface area contributed by atoms with Crippen LogP contribution < -0.4 is 4.74 Å². The number of aromatic nitrogens is 4. The molecule has 3 saturated heterocycles. The molecule has 1 aliphatic carbocycles. The molecule has 2 aromatic rings. The second-order valence-electron chi connectivity index (χ2n) is 10.8. The molecule has 2 aromatic heterocycles. The lowest BCUT2D eigenvalue weighted by Gasteiger charge is -2.23. The lowest BCUT2D eigenvalue weighted by molar-refractivity contribution is -0.130. The average molecular weight is 495 g/mol. The van der Waals surface area contributed by atoms with Crippen molar-refractivity contribution in [3.63, 3.8) is 0 Å². The van der Waals surface area contributed by atoms with Gasteiger partial charge in [0.05, 0.1) is 18.5 Å². The molecular formula is C26H34N6O4. The van der Waals surface area contributed by atoms with Crippen LogP contribution in [0.25, 0.3) is 0 Å². The van der Waals surface area contributed by atoms with Crippen molar-refractivity contribution in [1.82, 2.24) is 30.2 Å². The quantitative estimate of drug-likeness (QED) is 0.597. The summed E-state index contributed by atoms with van der Waals surface area (Å²) in [5.74, 6) is 2.36. The summed E-state index contributed by atoms with van der Waals surface area (Å²) < 4.78 is 11.5. The minimum absolute atomic E-state index is 0.0502. The van der Waals surface area contributed by atoms with Crippen molar-refractivity contribution in [2.75, 3.05) is 46.0 Å². The van der Waals surface area contributed by atoms with E-state index in [1.54, 1.807) is 6.20 Å². The normalized spacial score (nSPS) is 24.2. The van der Waals surface area contributed by atoms with Crippen molar-refractivity contribution in [2.45, 2.75) is 44.4 Å². The van der Waals surface area contributed by atoms with E-state index >= 15 is 0 Å². The Morgan fingerprint density at radius 1 is 1.03 bits per heavy atom. The van der Waals surface area contributed by atoms with Crippen LogP contribution in [0.2, 0.25) is 0 Å². The van der Waals surface area contributed by atoms with Gasteiger partial charge < -0.3 is 19.3 Å². The smallest absolute Gasteiger partial charge is 0.254 e. The first-order valence-corrected chi connectivity index (χ1v) is 13.3. The van der Waals surface area contributed by atoms with Gasteiger partial charge in [0.1, 0.15) is 0 Å². The van der Waals surface area contributed by atoms with Crippen molar-refractivity contribution in [1.29, 1.82) is 0 Å². The summed E-state index contributed by atoms with van der Waals surface area (Å²) >= 11 is 0. The Balaban J connectivity index is 1.06. The number of likely N-dealkylation sites (tertiary alicyclic amines) is 2. The molecule has 2 atom stereocenters. The van der Waals surface area contributed by atoms with Gasteiger partial charge in [0.2, 0.25) is 11.8 Å². The van der Waals surface area contributed by atoms with E-state index in [2.05, 4.69) is 15.4 Å². The van der Waals surface area contributed by atoms with Crippen molar-refractivity contribution in [3.8, 4) is 5.88 Å². The number of H-pyrrole nitrogens is 1. The standard InChI is InChI=1S/C26H34N6O4/c33-25(4-3-22-11-27-30-29-22)31-12-20-14-32(15-21(20)13-31)26(34)19-9-23(18-1-2-18)28-24(10-19)36-16-17-5-7-35-8-6-17/h9-11,17-18,20-21H,1-8,12-16H2,(H,27,29,30)/t20-,21-/m0/s1. The van der Waals surface area contributed by atoms with Crippen molar-refractivity contribution < 1.29 is 19.1 Å². The molecule has 4 fully saturated rings. The fraction of sp³-hybridized carbons (Fsp3) is 0.654. The summed E-state index contributed by atoms with van der Waals surface area (Å²) in [6, 6.07) is 3.79. The molecule has 5 heterocycles. The second-order valence-corrected chi connectivity index (χ2v) is 10.8. The third-order valence-corrected chi connectivity index (χ3v) is 8.07. The molecule has 192 valence electrons. The maximum Gasteiger partial charge on any atom is 0.254 e. The number of aromatic amines is 1. The molecule has 0 unspecified atom stereocenters. The molecule has 10 nitrogen and oxygen atoms in total. The zero-order valence-electron chi connectivity index (χ0n) is 20.6. The van der Waals surface area contributed by atoms with E-state index in [-0.39, 0.29) is 11.8 Å². The number of carbonyl (C=O) groups excluding carboxylic acids is 2. The molecule has 0 aromatic carbocycles. The molecular weight excluding hydrogens is 460 g/mol. The van der Waals surface area contributed by atoms with Crippen LogP contribution in [-0.2, 0) is 16.0 Å². The third kappa shape index (κ3) is 5.23. The molecule has 36 heavy (non-hydrogen) atoms. The molecule has 6 rings (SSSR count). The Bertz CT molecular complexity index is 1070. The van der Waals surface area contributed by atoms with Gasteiger partial charge in [-0.15, -0.1) is 5.10 Å². The zero-order chi connectivity index (χ0) is 24.5. The molecule has 2 amide bonds. The molecule has 0 radical (unpaired) electrons. The Morgan fingerprint density at radius 2 is 1.78 bits per heavy atom. The molecule has 10 heteroatoms. The van der Waals surface area contributed by atoms with Gasteiger partial charge >= 0.3 is 0 Å². The Morgan fingerprint density at radius 3 is 2.47 bits per heavy atom. The number of nitrogens with zero attached hydrogens (tertiary/aromatic N) is 5. The van der Waals surface area contributed by atoms with E-state index in [1.807, 2.05) is 21.9 Å². The van der Waals surface area contributed by atoms with Crippen LogP contribution >= 0.6 is 0 Å². The number of hydrogen-bond donors (Lipinski definition) is 1. The Hall–Kier alpha value is -3.01. The van der Waals surface area contributed by atoms with Gasteiger partial charge in [0, 0.05) is 80.9 Å². The van der Waals surface area contributed by atoms with Gasteiger partial charge in [-0.1, -0.05) is 5.21 Å². The molecule has 1 saturated carbocycles. The molecule has 0 spiro atoms. The number of rotatable bonds is 8. The summed E-state index contributed by atoms with van der Waals surface area (Å²) in [5, 5.41) is 10.3. The van der Waals surface area contributed by atoms with E-state index in [1.165, 1.54) is 0 Å². The van der Waals surface area contributed by atoms with E-state index in [0.717, 1.165) is 63.4 Å². The van der Waals surface area contributed by atoms with Gasteiger partial charge in [-0.2, -0.15) is 0 Å². The zero-order valence-corrected chi connectivity index (χ0v) is 20.6. The number of fused-ring (bicyclic) bond motifs is 1. The van der Waals surface area contributed by atoms with Crippen LogP contribution in [0.4, 0.5) is 0 Å². The maximum absolute atomic E-state index is 13.5. The topological polar surface area (TPSA) is 114 Å². The molecule has 1 N–H and O–H groups in total. The summed E-state index contributed by atoms with van der Waals surface area (Å²) in [6.45, 7) is 5.01. The molecule has 0 bridgehead atoms. The third-order valence-electron chi connectivity index (χ3n) is 8.07. The minimum atomic E-state index is 0.0502. The number of amides is 2. The lowest BCUT2D eigenvalue weighted by Crippen LogP contribution is -2.35. The van der Waals surface area contributed by atoms with E-state index < -0.39 is 0 Å². The molecule has 3 aliphatic heterocycles. The number of aryl methyl sites for hydroxylation is 1. The van der Waals surface area contributed by atoms with E-state index in [0.29, 0.717) is 67.7 Å².